The Bertz CT molecular complexity index is 573. The lowest BCUT2D eigenvalue weighted by Gasteiger charge is -2.25. The van der Waals surface area contributed by atoms with E-state index in [1.54, 1.807) is 24.3 Å². The van der Waals surface area contributed by atoms with Crippen LogP contribution in [0.3, 0.4) is 0 Å². The van der Waals surface area contributed by atoms with E-state index < -0.39 is 35.6 Å². The second-order valence-corrected chi connectivity index (χ2v) is 6.57. The van der Waals surface area contributed by atoms with Gasteiger partial charge in [-0.3, -0.25) is 19.2 Å². The second kappa shape index (κ2) is 9.17. The summed E-state index contributed by atoms with van der Waals surface area (Å²) in [5.74, 6) is -5.39. The molecular formula is C18H24N2O6. The van der Waals surface area contributed by atoms with Crippen molar-refractivity contribution in [1.82, 2.24) is 10.6 Å². The van der Waals surface area contributed by atoms with Crippen LogP contribution in [-0.4, -0.2) is 47.1 Å². The summed E-state index contributed by atoms with van der Waals surface area (Å²) in [4.78, 5) is 46.8. The zero-order valence-electron chi connectivity index (χ0n) is 14.4. The Morgan fingerprint density at radius 1 is 0.654 bits per heavy atom. The molecule has 2 aliphatic carbocycles. The molecule has 0 fully saturated rings. The number of carbonyl (C=O) groups excluding carboxylic acids is 2. The first-order valence-electron chi connectivity index (χ1n) is 8.72. The van der Waals surface area contributed by atoms with Gasteiger partial charge in [-0.2, -0.15) is 0 Å². The zero-order chi connectivity index (χ0) is 19.1. The number of carboxylic acids is 2. The zero-order valence-corrected chi connectivity index (χ0v) is 14.4. The molecule has 142 valence electrons. The smallest absolute Gasteiger partial charge is 0.307 e. The van der Waals surface area contributed by atoms with E-state index in [1.807, 2.05) is 0 Å². The molecule has 2 amide bonds. The molecule has 0 radical (unpaired) electrons. The monoisotopic (exact) mass is 364 g/mol. The molecule has 0 saturated carbocycles. The maximum absolute atomic E-state index is 12.2. The summed E-state index contributed by atoms with van der Waals surface area (Å²) in [6, 6.07) is 0. The van der Waals surface area contributed by atoms with Crippen molar-refractivity contribution in [2.24, 2.45) is 23.7 Å². The fourth-order valence-corrected chi connectivity index (χ4v) is 3.39. The summed E-state index contributed by atoms with van der Waals surface area (Å²) >= 11 is 0. The number of nitrogens with one attached hydrogen (secondary N) is 2. The van der Waals surface area contributed by atoms with Crippen molar-refractivity contribution in [2.75, 3.05) is 13.1 Å². The van der Waals surface area contributed by atoms with Crippen LogP contribution < -0.4 is 10.6 Å². The predicted molar refractivity (Wildman–Crippen MR) is 92.0 cm³/mol. The molecule has 0 saturated heterocycles. The van der Waals surface area contributed by atoms with Crippen molar-refractivity contribution in [3.8, 4) is 0 Å². The number of rotatable bonds is 7. The standard InChI is InChI=1S/C18H24N2O6/c21-15(11-5-1-3-7-13(11)17(23)24)19-9-10-20-16(22)12-6-2-4-8-14(12)18(25)26/h1-4,11-14H,5-10H2,(H,19,21)(H,20,22)(H,23,24)(H,25,26). The molecule has 0 aromatic heterocycles. The van der Waals surface area contributed by atoms with Crippen molar-refractivity contribution >= 4 is 23.8 Å². The first-order valence-corrected chi connectivity index (χ1v) is 8.72. The van der Waals surface area contributed by atoms with Crippen molar-refractivity contribution < 1.29 is 29.4 Å². The minimum Gasteiger partial charge on any atom is -0.481 e. The third-order valence-corrected chi connectivity index (χ3v) is 4.90. The van der Waals surface area contributed by atoms with Crippen LogP contribution in [0.25, 0.3) is 0 Å². The van der Waals surface area contributed by atoms with Crippen LogP contribution in [0, 0.1) is 23.7 Å². The van der Waals surface area contributed by atoms with E-state index in [1.165, 1.54) is 0 Å². The first-order chi connectivity index (χ1) is 12.4. The normalized spacial score (nSPS) is 27.5. The maximum Gasteiger partial charge on any atom is 0.307 e. The second-order valence-electron chi connectivity index (χ2n) is 6.57. The van der Waals surface area contributed by atoms with Gasteiger partial charge in [0.1, 0.15) is 0 Å². The summed E-state index contributed by atoms with van der Waals surface area (Å²) in [6.45, 7) is 0.328. The summed E-state index contributed by atoms with van der Waals surface area (Å²) in [5, 5.41) is 23.7. The summed E-state index contributed by atoms with van der Waals surface area (Å²) in [7, 11) is 0. The highest BCUT2D eigenvalue weighted by atomic mass is 16.4. The fraction of sp³-hybridized carbons (Fsp3) is 0.556. The highest BCUT2D eigenvalue weighted by Gasteiger charge is 2.35. The highest BCUT2D eigenvalue weighted by molar-refractivity contribution is 5.86. The van der Waals surface area contributed by atoms with Gasteiger partial charge < -0.3 is 20.8 Å². The SMILES string of the molecule is O=C(O)C1CC=CCC1C(=O)NCCNC(=O)C1CC=CCC1C(=O)O. The van der Waals surface area contributed by atoms with Gasteiger partial charge in [-0.15, -0.1) is 0 Å². The first kappa shape index (κ1) is 19.7. The molecule has 4 atom stereocenters. The predicted octanol–water partition coefficient (Wildman–Crippen LogP) is 0.553. The van der Waals surface area contributed by atoms with Gasteiger partial charge in [0, 0.05) is 13.1 Å². The average Bonchev–Trinajstić information content (AvgIpc) is 2.64. The molecule has 0 bridgehead atoms. The van der Waals surface area contributed by atoms with Crippen molar-refractivity contribution in [1.29, 1.82) is 0 Å². The van der Waals surface area contributed by atoms with E-state index in [2.05, 4.69) is 10.6 Å². The molecular weight excluding hydrogens is 340 g/mol. The maximum atomic E-state index is 12.2. The molecule has 0 aromatic rings. The van der Waals surface area contributed by atoms with Gasteiger partial charge in [-0.05, 0) is 25.7 Å². The van der Waals surface area contributed by atoms with Gasteiger partial charge in [-0.1, -0.05) is 24.3 Å². The van der Waals surface area contributed by atoms with Gasteiger partial charge >= 0.3 is 11.9 Å². The number of amides is 2. The van der Waals surface area contributed by atoms with Crippen molar-refractivity contribution in [2.45, 2.75) is 25.7 Å². The van der Waals surface area contributed by atoms with Crippen LogP contribution in [0.1, 0.15) is 25.7 Å². The number of carbonyl (C=O) groups is 4. The van der Waals surface area contributed by atoms with Crippen LogP contribution in [0.5, 0.6) is 0 Å². The van der Waals surface area contributed by atoms with Crippen LogP contribution in [0.2, 0.25) is 0 Å². The van der Waals surface area contributed by atoms with Crippen LogP contribution in [0.15, 0.2) is 24.3 Å². The third kappa shape index (κ3) is 4.93. The van der Waals surface area contributed by atoms with E-state index in [-0.39, 0.29) is 24.9 Å². The molecule has 8 heteroatoms. The number of carboxylic acid groups (broad SMARTS) is 2. The third-order valence-electron chi connectivity index (χ3n) is 4.90. The summed E-state index contributed by atoms with van der Waals surface area (Å²) in [5.41, 5.74) is 0. The molecule has 2 aliphatic rings. The van der Waals surface area contributed by atoms with Gasteiger partial charge in [0.25, 0.3) is 0 Å². The van der Waals surface area contributed by atoms with Crippen molar-refractivity contribution in [3.63, 3.8) is 0 Å². The number of allylic oxidation sites excluding steroid dienone is 4. The minimum atomic E-state index is -0.993. The molecule has 26 heavy (non-hydrogen) atoms. The Kier molecular flexibility index (Phi) is 6.94. The van der Waals surface area contributed by atoms with Gasteiger partial charge in [0.15, 0.2) is 0 Å². The van der Waals surface area contributed by atoms with Gasteiger partial charge in [0.2, 0.25) is 11.8 Å². The molecule has 0 heterocycles. The molecule has 2 rings (SSSR count). The fourth-order valence-electron chi connectivity index (χ4n) is 3.39. The number of aliphatic carboxylic acids is 2. The van der Waals surface area contributed by atoms with E-state index in [4.69, 9.17) is 0 Å². The topological polar surface area (TPSA) is 133 Å². The van der Waals surface area contributed by atoms with E-state index >= 15 is 0 Å². The lowest BCUT2D eigenvalue weighted by molar-refractivity contribution is -0.147. The Balaban J connectivity index is 1.77. The van der Waals surface area contributed by atoms with Crippen LogP contribution >= 0.6 is 0 Å². The van der Waals surface area contributed by atoms with Crippen LogP contribution in [0.4, 0.5) is 0 Å². The summed E-state index contributed by atoms with van der Waals surface area (Å²) in [6.07, 6.45) is 8.54. The van der Waals surface area contributed by atoms with Crippen molar-refractivity contribution in [3.05, 3.63) is 24.3 Å². The molecule has 4 unspecified atom stereocenters. The Morgan fingerprint density at radius 2 is 0.962 bits per heavy atom. The largest absolute Gasteiger partial charge is 0.481 e. The minimum absolute atomic E-state index is 0.164. The number of hydrogen-bond donors (Lipinski definition) is 4. The van der Waals surface area contributed by atoms with Gasteiger partial charge in [0.05, 0.1) is 23.7 Å². The highest BCUT2D eigenvalue weighted by Crippen LogP contribution is 2.26. The Hall–Kier alpha value is -2.64. The molecule has 0 spiro atoms. The Labute approximate surface area is 151 Å². The molecule has 8 nitrogen and oxygen atoms in total. The molecule has 0 aliphatic heterocycles. The average molecular weight is 364 g/mol. The van der Waals surface area contributed by atoms with E-state index in [0.29, 0.717) is 25.7 Å². The summed E-state index contributed by atoms with van der Waals surface area (Å²) < 4.78 is 0. The lowest BCUT2D eigenvalue weighted by atomic mass is 9.82. The van der Waals surface area contributed by atoms with Gasteiger partial charge in [-0.25, -0.2) is 0 Å². The van der Waals surface area contributed by atoms with Crippen LogP contribution in [-0.2, 0) is 19.2 Å². The van der Waals surface area contributed by atoms with E-state index in [9.17, 15) is 29.4 Å². The molecule has 4 N–H and O–H groups in total. The molecule has 0 aromatic carbocycles. The number of hydrogen-bond acceptors (Lipinski definition) is 4. The van der Waals surface area contributed by atoms with E-state index in [0.717, 1.165) is 0 Å². The lowest BCUT2D eigenvalue weighted by Crippen LogP contribution is -2.44. The quantitative estimate of drug-likeness (QED) is 0.385. The Morgan fingerprint density at radius 3 is 1.27 bits per heavy atom.